The third-order valence-corrected chi connectivity index (χ3v) is 3.83. The van der Waals surface area contributed by atoms with Crippen LogP contribution in [-0.4, -0.2) is 67.6 Å². The second kappa shape index (κ2) is 13.1. The normalized spacial score (nSPS) is 12.1. The molecule has 0 aliphatic rings. The maximum atomic E-state index is 12.3. The summed E-state index contributed by atoms with van der Waals surface area (Å²) < 4.78 is 10.7. The fraction of sp³-hybridized carbons (Fsp3) is 0.619. The van der Waals surface area contributed by atoms with E-state index >= 15 is 0 Å². The summed E-state index contributed by atoms with van der Waals surface area (Å²) in [6.07, 6.45) is -0.188. The number of ether oxygens (including phenoxy) is 2. The Bertz CT molecular complexity index is 619. The molecule has 0 spiro atoms. The van der Waals surface area contributed by atoms with Crippen LogP contribution < -0.4 is 10.6 Å². The van der Waals surface area contributed by atoms with Gasteiger partial charge in [0.15, 0.2) is 0 Å². The van der Waals surface area contributed by atoms with E-state index in [1.807, 2.05) is 27.7 Å². The number of aliphatic hydroxyl groups excluding tert-OH is 1. The van der Waals surface area contributed by atoms with Crippen LogP contribution in [0, 0.1) is 5.92 Å². The number of anilines is 2. The van der Waals surface area contributed by atoms with Gasteiger partial charge in [-0.1, -0.05) is 13.8 Å². The molecule has 0 saturated carbocycles. The number of urea groups is 1. The Hall–Kier alpha value is -2.16. The van der Waals surface area contributed by atoms with Gasteiger partial charge in [0.05, 0.1) is 38.6 Å². The van der Waals surface area contributed by atoms with E-state index in [4.69, 9.17) is 9.47 Å². The van der Waals surface area contributed by atoms with Gasteiger partial charge in [0.25, 0.3) is 0 Å². The largest absolute Gasteiger partial charge is 0.389 e. The van der Waals surface area contributed by atoms with Gasteiger partial charge in [-0.3, -0.25) is 4.79 Å². The van der Waals surface area contributed by atoms with Crippen molar-refractivity contribution in [1.82, 2.24) is 4.90 Å². The van der Waals surface area contributed by atoms with Crippen LogP contribution in [0.5, 0.6) is 0 Å². The minimum atomic E-state index is -0.789. The van der Waals surface area contributed by atoms with E-state index in [-0.39, 0.29) is 31.2 Å². The lowest BCUT2D eigenvalue weighted by atomic mass is 10.1. The molecule has 3 amide bonds. The smallest absolute Gasteiger partial charge is 0.321 e. The van der Waals surface area contributed by atoms with Crippen molar-refractivity contribution in [2.75, 3.05) is 44.0 Å². The SMILES string of the molecule is CC(C)CC(=O)Nc1ccc(NC(=O)N(C)CC(O)COCCOC(C)C)cc1. The average molecular weight is 410 g/mol. The van der Waals surface area contributed by atoms with Crippen LogP contribution in [0.2, 0.25) is 0 Å². The van der Waals surface area contributed by atoms with Gasteiger partial charge in [-0.15, -0.1) is 0 Å². The molecule has 3 N–H and O–H groups in total. The third kappa shape index (κ3) is 11.4. The van der Waals surface area contributed by atoms with Crippen molar-refractivity contribution in [3.8, 4) is 0 Å². The van der Waals surface area contributed by atoms with Crippen LogP contribution >= 0.6 is 0 Å². The molecule has 1 unspecified atom stereocenters. The Morgan fingerprint density at radius 1 is 1.03 bits per heavy atom. The standard InChI is InChI=1S/C21H35N3O5/c1-15(2)12-20(26)22-17-6-8-18(9-7-17)23-21(27)24(5)13-19(25)14-28-10-11-29-16(3)4/h6-9,15-16,19,25H,10-14H2,1-5H3,(H,22,26)(H,23,27). The van der Waals surface area contributed by atoms with Gasteiger partial charge in [-0.2, -0.15) is 0 Å². The Labute approximate surface area is 173 Å². The van der Waals surface area contributed by atoms with Gasteiger partial charge in [0, 0.05) is 24.8 Å². The molecule has 0 saturated heterocycles. The van der Waals surface area contributed by atoms with Gasteiger partial charge < -0.3 is 30.1 Å². The highest BCUT2D eigenvalue weighted by Crippen LogP contribution is 2.15. The lowest BCUT2D eigenvalue weighted by Gasteiger charge is -2.21. The summed E-state index contributed by atoms with van der Waals surface area (Å²) in [4.78, 5) is 25.4. The number of likely N-dealkylation sites (N-methyl/N-ethyl adjacent to an activating group) is 1. The van der Waals surface area contributed by atoms with Crippen LogP contribution in [0.15, 0.2) is 24.3 Å². The number of benzene rings is 1. The van der Waals surface area contributed by atoms with Crippen LogP contribution in [0.3, 0.4) is 0 Å². The van der Waals surface area contributed by atoms with Crippen LogP contribution in [0.4, 0.5) is 16.2 Å². The zero-order chi connectivity index (χ0) is 21.8. The highest BCUT2D eigenvalue weighted by atomic mass is 16.5. The summed E-state index contributed by atoms with van der Waals surface area (Å²) in [5.74, 6) is 0.252. The number of amides is 3. The quantitative estimate of drug-likeness (QED) is 0.461. The third-order valence-electron chi connectivity index (χ3n) is 3.83. The molecule has 164 valence electrons. The first-order valence-electron chi connectivity index (χ1n) is 9.96. The predicted octanol–water partition coefficient (Wildman–Crippen LogP) is 2.94. The number of hydrogen-bond donors (Lipinski definition) is 3. The molecular formula is C21H35N3O5. The molecule has 1 aromatic carbocycles. The van der Waals surface area contributed by atoms with Crippen molar-refractivity contribution in [2.24, 2.45) is 5.92 Å². The summed E-state index contributed by atoms with van der Waals surface area (Å²) >= 11 is 0. The molecule has 29 heavy (non-hydrogen) atoms. The maximum absolute atomic E-state index is 12.3. The average Bonchev–Trinajstić information content (AvgIpc) is 2.62. The van der Waals surface area contributed by atoms with Gasteiger partial charge in [-0.05, 0) is 44.0 Å². The fourth-order valence-electron chi connectivity index (χ4n) is 2.45. The van der Waals surface area contributed by atoms with Crippen molar-refractivity contribution in [2.45, 2.75) is 46.3 Å². The first-order chi connectivity index (χ1) is 13.7. The first kappa shape index (κ1) is 24.9. The molecule has 1 rings (SSSR count). The van der Waals surface area contributed by atoms with E-state index < -0.39 is 6.10 Å². The van der Waals surface area contributed by atoms with Crippen LogP contribution in [0.1, 0.15) is 34.1 Å². The summed E-state index contributed by atoms with van der Waals surface area (Å²) in [6, 6.07) is 6.55. The lowest BCUT2D eigenvalue weighted by molar-refractivity contribution is -0.116. The number of aliphatic hydroxyl groups is 1. The minimum absolute atomic E-state index is 0.0384. The Kier molecular flexibility index (Phi) is 11.3. The predicted molar refractivity (Wildman–Crippen MR) is 114 cm³/mol. The molecule has 0 aliphatic carbocycles. The zero-order valence-electron chi connectivity index (χ0n) is 18.1. The number of carbonyl (C=O) groups is 2. The van der Waals surface area contributed by atoms with Gasteiger partial charge in [0.2, 0.25) is 5.91 Å². The van der Waals surface area contributed by atoms with Crippen molar-refractivity contribution in [1.29, 1.82) is 0 Å². The van der Waals surface area contributed by atoms with E-state index in [2.05, 4.69) is 10.6 Å². The molecule has 0 aliphatic heterocycles. The molecule has 0 bridgehead atoms. The van der Waals surface area contributed by atoms with Crippen molar-refractivity contribution < 1.29 is 24.2 Å². The van der Waals surface area contributed by atoms with Crippen LogP contribution in [0.25, 0.3) is 0 Å². The second-order valence-corrected chi connectivity index (χ2v) is 7.68. The first-order valence-corrected chi connectivity index (χ1v) is 9.96. The van der Waals surface area contributed by atoms with Crippen molar-refractivity contribution in [3.63, 3.8) is 0 Å². The molecule has 0 fully saturated rings. The maximum Gasteiger partial charge on any atom is 0.321 e. The molecule has 8 nitrogen and oxygen atoms in total. The number of hydrogen-bond acceptors (Lipinski definition) is 5. The fourth-order valence-corrected chi connectivity index (χ4v) is 2.45. The second-order valence-electron chi connectivity index (χ2n) is 7.68. The summed E-state index contributed by atoms with van der Waals surface area (Å²) in [5.41, 5.74) is 1.27. The minimum Gasteiger partial charge on any atom is -0.389 e. The molecule has 0 aromatic heterocycles. The van der Waals surface area contributed by atoms with E-state index in [9.17, 15) is 14.7 Å². The molecule has 1 aromatic rings. The van der Waals surface area contributed by atoms with Crippen molar-refractivity contribution >= 4 is 23.3 Å². The molecule has 0 heterocycles. The Morgan fingerprint density at radius 3 is 2.17 bits per heavy atom. The highest BCUT2D eigenvalue weighted by molar-refractivity contribution is 5.92. The lowest BCUT2D eigenvalue weighted by Crippen LogP contribution is -2.39. The van der Waals surface area contributed by atoms with E-state index in [1.165, 1.54) is 4.90 Å². The Morgan fingerprint density at radius 2 is 1.62 bits per heavy atom. The number of nitrogens with zero attached hydrogens (tertiary/aromatic N) is 1. The number of carbonyl (C=O) groups excluding carboxylic acids is 2. The van der Waals surface area contributed by atoms with Crippen molar-refractivity contribution in [3.05, 3.63) is 24.3 Å². The summed E-state index contributed by atoms with van der Waals surface area (Å²) in [7, 11) is 1.60. The van der Waals surface area contributed by atoms with Gasteiger partial charge in [-0.25, -0.2) is 4.79 Å². The monoisotopic (exact) mass is 409 g/mol. The zero-order valence-corrected chi connectivity index (χ0v) is 18.1. The Balaban J connectivity index is 2.35. The van der Waals surface area contributed by atoms with Gasteiger partial charge >= 0.3 is 6.03 Å². The molecule has 8 heteroatoms. The highest BCUT2D eigenvalue weighted by Gasteiger charge is 2.14. The number of nitrogens with one attached hydrogen (secondary N) is 2. The van der Waals surface area contributed by atoms with E-state index in [0.717, 1.165) is 0 Å². The topological polar surface area (TPSA) is 100 Å². The summed E-state index contributed by atoms with van der Waals surface area (Å²) in [5, 5.41) is 15.6. The van der Waals surface area contributed by atoms with E-state index in [1.54, 1.807) is 31.3 Å². The van der Waals surface area contributed by atoms with Gasteiger partial charge in [0.1, 0.15) is 0 Å². The molecular weight excluding hydrogens is 374 g/mol. The summed E-state index contributed by atoms with van der Waals surface area (Å²) in [6.45, 7) is 8.99. The molecule has 1 atom stereocenters. The number of rotatable bonds is 12. The molecule has 0 radical (unpaired) electrons. The van der Waals surface area contributed by atoms with E-state index in [0.29, 0.717) is 36.9 Å². The van der Waals surface area contributed by atoms with Crippen LogP contribution in [-0.2, 0) is 14.3 Å².